The highest BCUT2D eigenvalue weighted by molar-refractivity contribution is 6.39. The van der Waals surface area contributed by atoms with Crippen LogP contribution in [0, 0.1) is 6.57 Å². The first-order valence-electron chi connectivity index (χ1n) is 3.42. The standard InChI is InChI=1S/C7H8N2O4/c1-4-12-7(11)6(8-3)9-13-5(2)10/h4H2,1-2H3/b9-6+. The van der Waals surface area contributed by atoms with E-state index < -0.39 is 17.8 Å². The van der Waals surface area contributed by atoms with E-state index in [9.17, 15) is 9.59 Å². The van der Waals surface area contributed by atoms with Gasteiger partial charge in [0.25, 0.3) is 0 Å². The summed E-state index contributed by atoms with van der Waals surface area (Å²) in [5, 5.41) is 3.00. The zero-order valence-electron chi connectivity index (χ0n) is 7.23. The summed E-state index contributed by atoms with van der Waals surface area (Å²) >= 11 is 0. The van der Waals surface area contributed by atoms with E-state index >= 15 is 0 Å². The lowest BCUT2D eigenvalue weighted by atomic mass is 10.6. The maximum Gasteiger partial charge on any atom is 0.399 e. The SMILES string of the molecule is [C-]#[N+]/C(=N/OC(C)=O)C(=O)OCC. The minimum absolute atomic E-state index is 0.132. The molecule has 0 aromatic heterocycles. The van der Waals surface area contributed by atoms with Crippen molar-refractivity contribution in [1.82, 2.24) is 0 Å². The molecule has 0 fully saturated rings. The number of ether oxygens (including phenoxy) is 1. The van der Waals surface area contributed by atoms with Gasteiger partial charge in [-0.3, -0.25) is 4.79 Å². The number of carbonyl (C=O) groups is 2. The second-order valence-electron chi connectivity index (χ2n) is 1.83. The number of hydrogen-bond donors (Lipinski definition) is 0. The van der Waals surface area contributed by atoms with E-state index in [1.165, 1.54) is 0 Å². The highest BCUT2D eigenvalue weighted by atomic mass is 16.7. The molecular weight excluding hydrogens is 176 g/mol. The Morgan fingerprint density at radius 1 is 1.54 bits per heavy atom. The number of esters is 1. The van der Waals surface area contributed by atoms with Crippen LogP contribution in [0.3, 0.4) is 0 Å². The lowest BCUT2D eigenvalue weighted by Gasteiger charge is -1.96. The minimum atomic E-state index is -0.904. The van der Waals surface area contributed by atoms with E-state index in [-0.39, 0.29) is 6.61 Å². The molecular formula is C7H8N2O4. The van der Waals surface area contributed by atoms with Crippen molar-refractivity contribution in [1.29, 1.82) is 0 Å². The predicted octanol–water partition coefficient (Wildman–Crippen LogP) is 0.345. The molecule has 13 heavy (non-hydrogen) atoms. The third-order valence-electron chi connectivity index (χ3n) is 0.825. The Morgan fingerprint density at radius 2 is 2.15 bits per heavy atom. The summed E-state index contributed by atoms with van der Waals surface area (Å²) < 4.78 is 4.45. The zero-order chi connectivity index (χ0) is 10.3. The van der Waals surface area contributed by atoms with Gasteiger partial charge in [-0.25, -0.2) is 9.63 Å². The van der Waals surface area contributed by atoms with Gasteiger partial charge in [0.15, 0.2) is 0 Å². The predicted molar refractivity (Wildman–Crippen MR) is 42.4 cm³/mol. The topological polar surface area (TPSA) is 69.3 Å². The molecule has 0 amide bonds. The number of rotatable bonds is 2. The van der Waals surface area contributed by atoms with Crippen LogP contribution in [-0.4, -0.2) is 24.4 Å². The minimum Gasteiger partial charge on any atom is -0.470 e. The van der Waals surface area contributed by atoms with Crippen molar-refractivity contribution in [2.45, 2.75) is 13.8 Å². The zero-order valence-corrected chi connectivity index (χ0v) is 7.23. The van der Waals surface area contributed by atoms with Crippen molar-refractivity contribution >= 4 is 17.8 Å². The summed E-state index contributed by atoms with van der Waals surface area (Å²) in [6, 6.07) is 0. The van der Waals surface area contributed by atoms with Gasteiger partial charge in [0.2, 0.25) is 0 Å². The van der Waals surface area contributed by atoms with Gasteiger partial charge in [0, 0.05) is 6.92 Å². The normalized spacial score (nSPS) is 10.1. The summed E-state index contributed by atoms with van der Waals surface area (Å²) in [5.41, 5.74) is 0. The summed E-state index contributed by atoms with van der Waals surface area (Å²) in [6.07, 6.45) is 0. The molecule has 0 aliphatic heterocycles. The number of carbonyl (C=O) groups excluding carboxylic acids is 2. The molecule has 0 aliphatic rings. The Hall–Kier alpha value is -1.90. The van der Waals surface area contributed by atoms with Crippen LogP contribution in [0.5, 0.6) is 0 Å². The number of hydrogen-bond acceptors (Lipinski definition) is 5. The highest BCUT2D eigenvalue weighted by Gasteiger charge is 2.14. The molecule has 0 rings (SSSR count). The van der Waals surface area contributed by atoms with Crippen molar-refractivity contribution in [3.05, 3.63) is 11.4 Å². The average Bonchev–Trinajstić information content (AvgIpc) is 2.05. The van der Waals surface area contributed by atoms with E-state index in [2.05, 4.69) is 19.6 Å². The Morgan fingerprint density at radius 3 is 2.54 bits per heavy atom. The van der Waals surface area contributed by atoms with Crippen molar-refractivity contribution in [3.8, 4) is 0 Å². The third-order valence-corrected chi connectivity index (χ3v) is 0.825. The average molecular weight is 184 g/mol. The van der Waals surface area contributed by atoms with Gasteiger partial charge < -0.3 is 9.58 Å². The molecule has 6 nitrogen and oxygen atoms in total. The second kappa shape index (κ2) is 5.71. The van der Waals surface area contributed by atoms with Gasteiger partial charge in [-0.05, 0) is 6.92 Å². The first kappa shape index (κ1) is 11.1. The maximum absolute atomic E-state index is 10.8. The van der Waals surface area contributed by atoms with Gasteiger partial charge in [0.05, 0.1) is 11.8 Å². The van der Waals surface area contributed by atoms with Crippen molar-refractivity contribution < 1.29 is 19.2 Å². The van der Waals surface area contributed by atoms with E-state index in [1.54, 1.807) is 6.92 Å². The summed E-state index contributed by atoms with van der Waals surface area (Å²) in [4.78, 5) is 27.9. The first-order chi connectivity index (χ1) is 6.11. The maximum atomic E-state index is 10.8. The molecule has 0 N–H and O–H groups in total. The fourth-order valence-corrected chi connectivity index (χ4v) is 0.406. The van der Waals surface area contributed by atoms with Crippen molar-refractivity contribution in [3.63, 3.8) is 0 Å². The molecule has 0 aliphatic carbocycles. The molecule has 0 radical (unpaired) electrons. The summed E-state index contributed by atoms with van der Waals surface area (Å²) in [7, 11) is 0. The molecule has 0 heterocycles. The van der Waals surface area contributed by atoms with Crippen LogP contribution < -0.4 is 0 Å². The van der Waals surface area contributed by atoms with Crippen LogP contribution in [0.15, 0.2) is 5.16 Å². The molecule has 0 saturated heterocycles. The lowest BCUT2D eigenvalue weighted by Crippen LogP contribution is -2.14. The van der Waals surface area contributed by atoms with Crippen molar-refractivity contribution in [2.75, 3.05) is 6.61 Å². The van der Waals surface area contributed by atoms with E-state index in [0.29, 0.717) is 0 Å². The molecule has 0 atom stereocenters. The largest absolute Gasteiger partial charge is 0.470 e. The highest BCUT2D eigenvalue weighted by Crippen LogP contribution is 1.89. The second-order valence-corrected chi connectivity index (χ2v) is 1.83. The van der Waals surface area contributed by atoms with Crippen LogP contribution >= 0.6 is 0 Å². The Labute approximate surface area is 74.9 Å². The molecule has 0 spiro atoms. The van der Waals surface area contributed by atoms with Crippen LogP contribution in [0.25, 0.3) is 4.85 Å². The van der Waals surface area contributed by atoms with Crippen LogP contribution in [-0.2, 0) is 19.2 Å². The number of amidine groups is 1. The smallest absolute Gasteiger partial charge is 0.399 e. The first-order valence-corrected chi connectivity index (χ1v) is 3.42. The molecule has 6 heteroatoms. The molecule has 0 bridgehead atoms. The Balaban J connectivity index is 4.34. The molecule has 0 saturated carbocycles. The fourth-order valence-electron chi connectivity index (χ4n) is 0.406. The molecule has 0 aromatic carbocycles. The Kier molecular flexibility index (Phi) is 4.88. The fraction of sp³-hybridized carbons (Fsp3) is 0.429. The summed E-state index contributed by atoms with van der Waals surface area (Å²) in [6.45, 7) is 9.34. The van der Waals surface area contributed by atoms with Gasteiger partial charge in [-0.15, -0.1) is 0 Å². The van der Waals surface area contributed by atoms with E-state index in [4.69, 9.17) is 6.57 Å². The Bertz CT molecular complexity index is 277. The summed E-state index contributed by atoms with van der Waals surface area (Å²) in [5.74, 6) is -2.21. The van der Waals surface area contributed by atoms with E-state index in [1.807, 2.05) is 0 Å². The van der Waals surface area contributed by atoms with Crippen LogP contribution in [0.2, 0.25) is 0 Å². The molecule has 0 unspecified atom stereocenters. The number of nitrogens with zero attached hydrogens (tertiary/aromatic N) is 2. The molecule has 70 valence electrons. The van der Waals surface area contributed by atoms with Crippen LogP contribution in [0.4, 0.5) is 0 Å². The lowest BCUT2D eigenvalue weighted by molar-refractivity contribution is -0.141. The van der Waals surface area contributed by atoms with Crippen molar-refractivity contribution in [2.24, 2.45) is 5.16 Å². The quantitative estimate of drug-likeness (QED) is 0.155. The molecule has 0 aromatic rings. The van der Waals surface area contributed by atoms with Gasteiger partial charge >= 0.3 is 17.8 Å². The van der Waals surface area contributed by atoms with Crippen LogP contribution in [0.1, 0.15) is 13.8 Å². The third kappa shape index (κ3) is 4.53. The van der Waals surface area contributed by atoms with Gasteiger partial charge in [-0.1, -0.05) is 6.57 Å². The monoisotopic (exact) mass is 184 g/mol. The van der Waals surface area contributed by atoms with Gasteiger partial charge in [0.1, 0.15) is 0 Å². The van der Waals surface area contributed by atoms with Gasteiger partial charge in [-0.2, -0.15) is 0 Å². The number of oxime groups is 1. The van der Waals surface area contributed by atoms with E-state index in [0.717, 1.165) is 6.92 Å².